The van der Waals surface area contributed by atoms with Gasteiger partial charge in [0.25, 0.3) is 0 Å². The van der Waals surface area contributed by atoms with Crippen molar-refractivity contribution in [1.82, 2.24) is 4.90 Å². The Morgan fingerprint density at radius 3 is 2.38 bits per heavy atom. The van der Waals surface area contributed by atoms with E-state index < -0.39 is 23.1 Å². The molecule has 24 heavy (non-hydrogen) atoms. The molecule has 5 nitrogen and oxygen atoms in total. The van der Waals surface area contributed by atoms with Crippen molar-refractivity contribution in [3.63, 3.8) is 0 Å². The lowest BCUT2D eigenvalue weighted by atomic mass is 9.69. The van der Waals surface area contributed by atoms with E-state index in [0.717, 1.165) is 5.56 Å². The quantitative estimate of drug-likeness (QED) is 0.867. The van der Waals surface area contributed by atoms with Crippen LogP contribution < -0.4 is 0 Å². The Balaban J connectivity index is 2.24. The van der Waals surface area contributed by atoms with Gasteiger partial charge in [-0.1, -0.05) is 23.7 Å². The zero-order valence-corrected chi connectivity index (χ0v) is 15.3. The molecular formula is C18H24ClNO4. The standard InChI is InChI=1S/C18H24ClNO4/c1-17(2,3)24-16(23)20-10-9-14(18(4,11-20)15(21)22)12-5-7-13(19)8-6-12/h5-8,14H,9-11H2,1-4H3,(H,21,22)/t14-,18+/m1/s1. The number of ether oxygens (including phenoxy) is 1. The van der Waals surface area contributed by atoms with Crippen LogP contribution in [0.3, 0.4) is 0 Å². The van der Waals surface area contributed by atoms with Crippen LogP contribution >= 0.6 is 11.6 Å². The first-order chi connectivity index (χ1) is 11.0. The normalized spacial score (nSPS) is 24.5. The first kappa shape index (κ1) is 18.6. The summed E-state index contributed by atoms with van der Waals surface area (Å²) in [5.74, 6) is -1.11. The molecule has 0 aromatic heterocycles. The summed E-state index contributed by atoms with van der Waals surface area (Å²) in [4.78, 5) is 25.8. The van der Waals surface area contributed by atoms with Crippen LogP contribution in [0, 0.1) is 5.41 Å². The second kappa shape index (κ2) is 6.63. The van der Waals surface area contributed by atoms with E-state index in [-0.39, 0.29) is 12.5 Å². The minimum atomic E-state index is -1.08. The molecule has 1 amide bonds. The van der Waals surface area contributed by atoms with E-state index in [2.05, 4.69) is 0 Å². The van der Waals surface area contributed by atoms with Crippen LogP contribution in [0.25, 0.3) is 0 Å². The largest absolute Gasteiger partial charge is 0.481 e. The number of carbonyl (C=O) groups excluding carboxylic acids is 1. The molecule has 1 aliphatic rings. The van der Waals surface area contributed by atoms with Crippen LogP contribution in [-0.4, -0.2) is 40.8 Å². The smallest absolute Gasteiger partial charge is 0.410 e. The van der Waals surface area contributed by atoms with Gasteiger partial charge < -0.3 is 14.7 Å². The third-order valence-corrected chi connectivity index (χ3v) is 4.64. The zero-order chi connectivity index (χ0) is 18.1. The molecule has 1 N–H and O–H groups in total. The van der Waals surface area contributed by atoms with E-state index >= 15 is 0 Å². The number of carboxylic acids is 1. The summed E-state index contributed by atoms with van der Waals surface area (Å²) in [7, 11) is 0. The molecule has 6 heteroatoms. The van der Waals surface area contributed by atoms with E-state index in [1.54, 1.807) is 39.8 Å². The highest BCUT2D eigenvalue weighted by molar-refractivity contribution is 6.30. The number of amides is 1. The Hall–Kier alpha value is -1.75. The van der Waals surface area contributed by atoms with E-state index in [1.165, 1.54) is 4.90 Å². The molecule has 132 valence electrons. The average molecular weight is 354 g/mol. The molecule has 2 atom stereocenters. The molecule has 2 rings (SSSR count). The lowest BCUT2D eigenvalue weighted by Gasteiger charge is -2.43. The van der Waals surface area contributed by atoms with Gasteiger partial charge in [0.15, 0.2) is 0 Å². The SMILES string of the molecule is CC(C)(C)OC(=O)N1CC[C@H](c2ccc(Cl)cc2)[C@@](C)(C(=O)O)C1. The molecule has 0 saturated carbocycles. The number of benzene rings is 1. The predicted octanol–water partition coefficient (Wildman–Crippen LogP) is 4.16. The second-order valence-corrected chi connectivity index (χ2v) is 7.95. The minimum Gasteiger partial charge on any atom is -0.481 e. The third-order valence-electron chi connectivity index (χ3n) is 4.39. The van der Waals surface area contributed by atoms with Gasteiger partial charge in [-0.3, -0.25) is 4.79 Å². The van der Waals surface area contributed by atoms with Crippen molar-refractivity contribution in [3.8, 4) is 0 Å². The van der Waals surface area contributed by atoms with Gasteiger partial charge in [-0.05, 0) is 51.8 Å². The number of nitrogens with zero attached hydrogens (tertiary/aromatic N) is 1. The monoisotopic (exact) mass is 353 g/mol. The van der Waals surface area contributed by atoms with Crippen molar-refractivity contribution >= 4 is 23.7 Å². The van der Waals surface area contributed by atoms with Crippen molar-refractivity contribution in [3.05, 3.63) is 34.9 Å². The molecule has 1 aliphatic heterocycles. The highest BCUT2D eigenvalue weighted by Gasteiger charge is 2.48. The number of rotatable bonds is 2. The lowest BCUT2D eigenvalue weighted by molar-refractivity contribution is -0.152. The van der Waals surface area contributed by atoms with Crippen LogP contribution in [0.15, 0.2) is 24.3 Å². The Kier molecular flexibility index (Phi) is 5.14. The highest BCUT2D eigenvalue weighted by Crippen LogP contribution is 2.43. The highest BCUT2D eigenvalue weighted by atomic mass is 35.5. The summed E-state index contributed by atoms with van der Waals surface area (Å²) in [6.45, 7) is 7.64. The Morgan fingerprint density at radius 2 is 1.88 bits per heavy atom. The van der Waals surface area contributed by atoms with Gasteiger partial charge in [-0.2, -0.15) is 0 Å². The molecule has 1 fully saturated rings. The summed E-state index contributed by atoms with van der Waals surface area (Å²) in [6, 6.07) is 7.24. The first-order valence-corrected chi connectivity index (χ1v) is 8.37. The molecule has 0 spiro atoms. The predicted molar refractivity (Wildman–Crippen MR) is 92.4 cm³/mol. The molecule has 1 aromatic rings. The molecule has 0 bridgehead atoms. The molecular weight excluding hydrogens is 330 g/mol. The second-order valence-electron chi connectivity index (χ2n) is 7.52. The van der Waals surface area contributed by atoms with Gasteiger partial charge in [-0.15, -0.1) is 0 Å². The van der Waals surface area contributed by atoms with Gasteiger partial charge in [0, 0.05) is 24.0 Å². The van der Waals surface area contributed by atoms with E-state index in [9.17, 15) is 14.7 Å². The van der Waals surface area contributed by atoms with Crippen LogP contribution in [0.1, 0.15) is 45.6 Å². The number of carbonyl (C=O) groups is 2. The maximum Gasteiger partial charge on any atom is 0.410 e. The molecule has 0 aliphatic carbocycles. The maximum absolute atomic E-state index is 12.3. The fourth-order valence-electron chi connectivity index (χ4n) is 3.12. The van der Waals surface area contributed by atoms with Gasteiger partial charge in [-0.25, -0.2) is 4.79 Å². The number of piperidine rings is 1. The topological polar surface area (TPSA) is 66.8 Å². The molecule has 1 heterocycles. The number of likely N-dealkylation sites (tertiary alicyclic amines) is 1. The van der Waals surface area contributed by atoms with Crippen LogP contribution in [0.4, 0.5) is 4.79 Å². The Morgan fingerprint density at radius 1 is 1.29 bits per heavy atom. The minimum absolute atomic E-state index is 0.116. The van der Waals surface area contributed by atoms with Gasteiger partial charge >= 0.3 is 12.1 Å². The lowest BCUT2D eigenvalue weighted by Crippen LogP contribution is -2.53. The number of hydrogen-bond acceptors (Lipinski definition) is 3. The number of halogens is 1. The van der Waals surface area contributed by atoms with Crippen molar-refractivity contribution in [2.24, 2.45) is 5.41 Å². The van der Waals surface area contributed by atoms with Gasteiger partial charge in [0.2, 0.25) is 0 Å². The van der Waals surface area contributed by atoms with Crippen molar-refractivity contribution in [1.29, 1.82) is 0 Å². The maximum atomic E-state index is 12.3. The van der Waals surface area contributed by atoms with E-state index in [1.807, 2.05) is 12.1 Å². The van der Waals surface area contributed by atoms with Crippen LogP contribution in [0.5, 0.6) is 0 Å². The van der Waals surface area contributed by atoms with Crippen LogP contribution in [0.2, 0.25) is 5.02 Å². The van der Waals surface area contributed by atoms with E-state index in [0.29, 0.717) is 18.0 Å². The first-order valence-electron chi connectivity index (χ1n) is 8.00. The van der Waals surface area contributed by atoms with Crippen molar-refractivity contribution in [2.75, 3.05) is 13.1 Å². The molecule has 1 aromatic carbocycles. The number of hydrogen-bond donors (Lipinski definition) is 1. The molecule has 0 unspecified atom stereocenters. The van der Waals surface area contributed by atoms with Crippen LogP contribution in [-0.2, 0) is 9.53 Å². The number of carboxylic acid groups (broad SMARTS) is 1. The summed E-state index contributed by atoms with van der Waals surface area (Å²) in [5, 5.41) is 10.4. The third kappa shape index (κ3) is 4.01. The van der Waals surface area contributed by atoms with Gasteiger partial charge in [0.05, 0.1) is 5.41 Å². The summed E-state index contributed by atoms with van der Waals surface area (Å²) in [6.07, 6.45) is 0.0912. The van der Waals surface area contributed by atoms with Crippen molar-refractivity contribution in [2.45, 2.75) is 45.6 Å². The summed E-state index contributed by atoms with van der Waals surface area (Å²) >= 11 is 5.92. The number of aliphatic carboxylic acids is 1. The average Bonchev–Trinajstić information content (AvgIpc) is 2.46. The fraction of sp³-hybridized carbons (Fsp3) is 0.556. The molecule has 1 saturated heterocycles. The Labute approximate surface area is 147 Å². The van der Waals surface area contributed by atoms with Crippen molar-refractivity contribution < 1.29 is 19.4 Å². The molecule has 0 radical (unpaired) electrons. The van der Waals surface area contributed by atoms with E-state index in [4.69, 9.17) is 16.3 Å². The van der Waals surface area contributed by atoms with Gasteiger partial charge in [0.1, 0.15) is 5.60 Å². The summed E-state index contributed by atoms with van der Waals surface area (Å²) in [5.41, 5.74) is -0.764. The summed E-state index contributed by atoms with van der Waals surface area (Å²) < 4.78 is 5.38. The zero-order valence-electron chi connectivity index (χ0n) is 14.5. The Bertz CT molecular complexity index is 623. The fourth-order valence-corrected chi connectivity index (χ4v) is 3.24.